The second-order valence-electron chi connectivity index (χ2n) is 10.0. The van der Waals surface area contributed by atoms with Crippen LogP contribution in [0, 0.1) is 17.8 Å². The fourth-order valence-electron chi connectivity index (χ4n) is 4.82. The monoisotopic (exact) mass is 478 g/mol. The molecule has 0 saturated heterocycles. The summed E-state index contributed by atoms with van der Waals surface area (Å²) in [6.45, 7) is 4.33. The number of hydrogen-bond donors (Lipinski definition) is 3. The normalized spacial score (nSPS) is 16.2. The summed E-state index contributed by atoms with van der Waals surface area (Å²) in [4.78, 5) is 36.8. The van der Waals surface area contributed by atoms with Crippen LogP contribution in [0.25, 0.3) is 11.1 Å². The Labute approximate surface area is 206 Å². The lowest BCUT2D eigenvalue weighted by Gasteiger charge is -2.23. The van der Waals surface area contributed by atoms with Gasteiger partial charge < -0.3 is 20.5 Å². The molecule has 2 aliphatic rings. The molecular formula is C28H34N2O5. The number of carboxylic acid groups (broad SMARTS) is 1. The Morgan fingerprint density at radius 3 is 2.14 bits per heavy atom. The molecule has 2 aromatic rings. The van der Waals surface area contributed by atoms with E-state index >= 15 is 0 Å². The first-order valence-corrected chi connectivity index (χ1v) is 12.4. The predicted molar refractivity (Wildman–Crippen MR) is 133 cm³/mol. The molecule has 35 heavy (non-hydrogen) atoms. The van der Waals surface area contributed by atoms with Gasteiger partial charge in [-0.15, -0.1) is 0 Å². The lowest BCUT2D eigenvalue weighted by atomic mass is 9.92. The SMILES string of the molecule is CC(C)C(CNC(=O)C(CC1CC1)NC(=O)OCC1c2ccccc2-c2ccccc21)CC(=O)O. The number of nitrogens with one attached hydrogen (secondary N) is 2. The van der Waals surface area contributed by atoms with Gasteiger partial charge in [0.15, 0.2) is 0 Å². The van der Waals surface area contributed by atoms with Crippen molar-refractivity contribution in [3.63, 3.8) is 0 Å². The van der Waals surface area contributed by atoms with E-state index in [1.165, 1.54) is 0 Å². The molecule has 3 N–H and O–H groups in total. The maximum absolute atomic E-state index is 12.9. The van der Waals surface area contributed by atoms with Gasteiger partial charge >= 0.3 is 12.1 Å². The van der Waals surface area contributed by atoms with Crippen molar-refractivity contribution in [2.75, 3.05) is 13.2 Å². The quantitative estimate of drug-likeness (QED) is 0.439. The van der Waals surface area contributed by atoms with Crippen LogP contribution in [0.1, 0.15) is 56.6 Å². The smallest absolute Gasteiger partial charge is 0.407 e. The fraction of sp³-hybridized carbons (Fsp3) is 0.464. The molecule has 2 aromatic carbocycles. The van der Waals surface area contributed by atoms with Gasteiger partial charge in [0.05, 0.1) is 6.42 Å². The van der Waals surface area contributed by atoms with Crippen molar-refractivity contribution in [1.82, 2.24) is 10.6 Å². The highest BCUT2D eigenvalue weighted by Gasteiger charge is 2.33. The Hall–Kier alpha value is -3.35. The number of carbonyl (C=O) groups excluding carboxylic acids is 2. The molecule has 1 fully saturated rings. The number of aliphatic carboxylic acids is 1. The van der Waals surface area contributed by atoms with Gasteiger partial charge in [-0.1, -0.05) is 75.2 Å². The predicted octanol–water partition coefficient (Wildman–Crippen LogP) is 4.56. The minimum Gasteiger partial charge on any atom is -0.481 e. The topological polar surface area (TPSA) is 105 Å². The zero-order chi connectivity index (χ0) is 24.9. The van der Waals surface area contributed by atoms with E-state index in [0.29, 0.717) is 12.3 Å². The van der Waals surface area contributed by atoms with Crippen LogP contribution >= 0.6 is 0 Å². The summed E-state index contributed by atoms with van der Waals surface area (Å²) in [5.74, 6) is -0.868. The van der Waals surface area contributed by atoms with Crippen molar-refractivity contribution >= 4 is 18.0 Å². The summed E-state index contributed by atoms with van der Waals surface area (Å²) < 4.78 is 5.63. The van der Waals surface area contributed by atoms with Crippen molar-refractivity contribution < 1.29 is 24.2 Å². The Balaban J connectivity index is 1.36. The first kappa shape index (κ1) is 24.8. The third-order valence-corrected chi connectivity index (χ3v) is 7.14. The second-order valence-corrected chi connectivity index (χ2v) is 10.0. The summed E-state index contributed by atoms with van der Waals surface area (Å²) in [6, 6.07) is 15.6. The summed E-state index contributed by atoms with van der Waals surface area (Å²) in [7, 11) is 0. The van der Waals surface area contributed by atoms with Crippen molar-refractivity contribution in [3.8, 4) is 11.1 Å². The molecule has 2 atom stereocenters. The average molecular weight is 479 g/mol. The number of alkyl carbamates (subject to hydrolysis) is 1. The third kappa shape index (κ3) is 6.21. The van der Waals surface area contributed by atoms with E-state index in [9.17, 15) is 14.4 Å². The number of fused-ring (bicyclic) bond motifs is 3. The van der Waals surface area contributed by atoms with Crippen molar-refractivity contribution in [1.29, 1.82) is 0 Å². The van der Waals surface area contributed by atoms with Crippen molar-refractivity contribution in [2.45, 2.75) is 51.5 Å². The molecule has 2 amide bonds. The minimum atomic E-state index is -0.885. The van der Waals surface area contributed by atoms with E-state index in [1.54, 1.807) is 0 Å². The molecule has 4 rings (SSSR count). The summed E-state index contributed by atoms with van der Waals surface area (Å²) >= 11 is 0. The largest absolute Gasteiger partial charge is 0.481 e. The molecule has 7 heteroatoms. The van der Waals surface area contributed by atoms with Crippen LogP contribution in [0.4, 0.5) is 4.79 Å². The highest BCUT2D eigenvalue weighted by Crippen LogP contribution is 2.44. The summed E-state index contributed by atoms with van der Waals surface area (Å²) in [6.07, 6.45) is 2.03. The Morgan fingerprint density at radius 2 is 1.60 bits per heavy atom. The standard InChI is InChI=1S/C28H34N2O5/c1-17(2)19(14-26(31)32)15-29-27(33)25(13-18-11-12-18)30-28(34)35-16-24-22-9-5-3-7-20(22)21-8-4-6-10-23(21)24/h3-10,17-19,24-25H,11-16H2,1-2H3,(H,29,33)(H,30,34)(H,31,32). The summed E-state index contributed by atoms with van der Waals surface area (Å²) in [5, 5.41) is 14.8. The van der Waals surface area contributed by atoms with Crippen LogP contribution in [-0.2, 0) is 14.3 Å². The maximum atomic E-state index is 12.9. The molecule has 2 aliphatic carbocycles. The summed E-state index contributed by atoms with van der Waals surface area (Å²) in [5.41, 5.74) is 4.58. The average Bonchev–Trinajstić information content (AvgIpc) is 3.60. The van der Waals surface area contributed by atoms with Gasteiger partial charge in [-0.2, -0.15) is 0 Å². The molecule has 2 unspecified atom stereocenters. The van der Waals surface area contributed by atoms with Gasteiger partial charge in [0.2, 0.25) is 5.91 Å². The van der Waals surface area contributed by atoms with Gasteiger partial charge in [0.25, 0.3) is 0 Å². The molecule has 0 aliphatic heterocycles. The van der Waals surface area contributed by atoms with Crippen LogP contribution < -0.4 is 10.6 Å². The lowest BCUT2D eigenvalue weighted by molar-refractivity contribution is -0.138. The van der Waals surface area contributed by atoms with Crippen molar-refractivity contribution in [3.05, 3.63) is 59.7 Å². The second kappa shape index (κ2) is 10.9. The molecule has 0 bridgehead atoms. The van der Waals surface area contributed by atoms with E-state index in [0.717, 1.165) is 35.1 Å². The first-order chi connectivity index (χ1) is 16.8. The number of ether oxygens (including phenoxy) is 1. The first-order valence-electron chi connectivity index (χ1n) is 12.4. The van der Waals surface area contributed by atoms with Gasteiger partial charge in [0.1, 0.15) is 12.6 Å². The Morgan fingerprint density at radius 1 is 1.00 bits per heavy atom. The van der Waals surface area contributed by atoms with E-state index in [2.05, 4.69) is 34.9 Å². The number of hydrogen-bond acceptors (Lipinski definition) is 4. The zero-order valence-corrected chi connectivity index (χ0v) is 20.3. The van der Waals surface area contributed by atoms with Crippen LogP contribution in [-0.4, -0.2) is 42.3 Å². The number of carbonyl (C=O) groups is 3. The Kier molecular flexibility index (Phi) is 7.73. The molecular weight excluding hydrogens is 444 g/mol. The lowest BCUT2D eigenvalue weighted by Crippen LogP contribution is -2.48. The number of benzene rings is 2. The number of rotatable bonds is 11. The zero-order valence-electron chi connectivity index (χ0n) is 20.3. The van der Waals surface area contributed by atoms with Gasteiger partial charge in [0, 0.05) is 12.5 Å². The van der Waals surface area contributed by atoms with Gasteiger partial charge in [-0.05, 0) is 46.4 Å². The molecule has 0 spiro atoms. The number of carboxylic acids is 1. The van der Waals surface area contributed by atoms with Gasteiger partial charge in [-0.25, -0.2) is 4.79 Å². The van der Waals surface area contributed by atoms with Crippen LogP contribution in [0.2, 0.25) is 0 Å². The van der Waals surface area contributed by atoms with Crippen LogP contribution in [0.5, 0.6) is 0 Å². The highest BCUT2D eigenvalue weighted by molar-refractivity contribution is 5.86. The molecule has 186 valence electrons. The van der Waals surface area contributed by atoms with E-state index < -0.39 is 18.1 Å². The molecule has 0 radical (unpaired) electrons. The maximum Gasteiger partial charge on any atom is 0.407 e. The molecule has 1 saturated carbocycles. The number of amides is 2. The Bertz CT molecular complexity index is 1030. The molecule has 0 aromatic heterocycles. The van der Waals surface area contributed by atoms with Crippen LogP contribution in [0.15, 0.2) is 48.5 Å². The molecule has 0 heterocycles. The van der Waals surface area contributed by atoms with E-state index in [4.69, 9.17) is 9.84 Å². The van der Waals surface area contributed by atoms with E-state index in [-0.39, 0.29) is 43.2 Å². The third-order valence-electron chi connectivity index (χ3n) is 7.14. The molecule has 7 nitrogen and oxygen atoms in total. The highest BCUT2D eigenvalue weighted by atomic mass is 16.5. The van der Waals surface area contributed by atoms with Crippen molar-refractivity contribution in [2.24, 2.45) is 17.8 Å². The van der Waals surface area contributed by atoms with Gasteiger partial charge in [-0.3, -0.25) is 9.59 Å². The minimum absolute atomic E-state index is 0.00888. The van der Waals surface area contributed by atoms with Crippen LogP contribution in [0.3, 0.4) is 0 Å². The fourth-order valence-corrected chi connectivity index (χ4v) is 4.82. The van der Waals surface area contributed by atoms with E-state index in [1.807, 2.05) is 38.1 Å².